The van der Waals surface area contributed by atoms with E-state index in [1.54, 1.807) is 0 Å². The average molecular weight is 207 g/mol. The van der Waals surface area contributed by atoms with Crippen LogP contribution in [0.5, 0.6) is 0 Å². The second-order valence-corrected chi connectivity index (χ2v) is 4.54. The first-order chi connectivity index (χ1) is 7.31. The third-order valence-electron chi connectivity index (χ3n) is 3.29. The molecular weight excluding hydrogens is 186 g/mol. The molecule has 84 valence electrons. The first kappa shape index (κ1) is 10.7. The lowest BCUT2D eigenvalue weighted by atomic mass is 9.78. The molecule has 3 heteroatoms. The van der Waals surface area contributed by atoms with Crippen molar-refractivity contribution < 1.29 is 0 Å². The normalized spacial score (nSPS) is 18.8. The Morgan fingerprint density at radius 3 is 2.87 bits per heavy atom. The molecule has 0 aliphatic heterocycles. The maximum atomic E-state index is 4.52. The minimum Gasteiger partial charge on any atom is -0.308 e. The summed E-state index contributed by atoms with van der Waals surface area (Å²) in [6.07, 6.45) is 7.34. The minimum absolute atomic E-state index is 0.486. The Morgan fingerprint density at radius 2 is 2.40 bits per heavy atom. The summed E-state index contributed by atoms with van der Waals surface area (Å²) in [4.78, 5) is 0. The zero-order chi connectivity index (χ0) is 10.7. The van der Waals surface area contributed by atoms with Gasteiger partial charge >= 0.3 is 0 Å². The lowest BCUT2D eigenvalue weighted by Crippen LogP contribution is -2.33. The molecule has 1 saturated carbocycles. The van der Waals surface area contributed by atoms with Gasteiger partial charge in [0.2, 0.25) is 0 Å². The highest BCUT2D eigenvalue weighted by Crippen LogP contribution is 2.36. The SMILES string of the molecule is CCCNC(c1ccn(C)n1)C1CCC1. The fourth-order valence-corrected chi connectivity index (χ4v) is 2.18. The van der Waals surface area contributed by atoms with Crippen LogP contribution >= 0.6 is 0 Å². The predicted molar refractivity (Wildman–Crippen MR) is 61.6 cm³/mol. The Morgan fingerprint density at radius 1 is 1.60 bits per heavy atom. The molecule has 2 rings (SSSR count). The van der Waals surface area contributed by atoms with Crippen LogP contribution in [0.25, 0.3) is 0 Å². The molecule has 1 aliphatic carbocycles. The molecule has 1 unspecified atom stereocenters. The molecule has 0 bridgehead atoms. The minimum atomic E-state index is 0.486. The summed E-state index contributed by atoms with van der Waals surface area (Å²) in [6.45, 7) is 3.31. The van der Waals surface area contributed by atoms with Crippen LogP contribution in [0.1, 0.15) is 44.3 Å². The summed E-state index contributed by atoms with van der Waals surface area (Å²) in [6, 6.07) is 2.63. The fourth-order valence-electron chi connectivity index (χ4n) is 2.18. The van der Waals surface area contributed by atoms with Crippen molar-refractivity contribution in [3.05, 3.63) is 18.0 Å². The summed E-state index contributed by atoms with van der Waals surface area (Å²) in [5.41, 5.74) is 1.22. The molecule has 0 saturated heterocycles. The summed E-state index contributed by atoms with van der Waals surface area (Å²) >= 11 is 0. The van der Waals surface area contributed by atoms with Gasteiger partial charge in [0.1, 0.15) is 0 Å². The molecule has 3 nitrogen and oxygen atoms in total. The van der Waals surface area contributed by atoms with Gasteiger partial charge in [0, 0.05) is 13.2 Å². The molecule has 1 N–H and O–H groups in total. The summed E-state index contributed by atoms with van der Waals surface area (Å²) < 4.78 is 1.90. The van der Waals surface area contributed by atoms with Crippen LogP contribution in [-0.2, 0) is 7.05 Å². The molecule has 15 heavy (non-hydrogen) atoms. The highest BCUT2D eigenvalue weighted by molar-refractivity contribution is 5.08. The lowest BCUT2D eigenvalue weighted by Gasteiger charge is -2.33. The van der Waals surface area contributed by atoms with Crippen molar-refractivity contribution in [2.75, 3.05) is 6.54 Å². The Bertz CT molecular complexity index is 302. The summed E-state index contributed by atoms with van der Waals surface area (Å²) in [7, 11) is 1.99. The Kier molecular flexibility index (Phi) is 3.41. The van der Waals surface area contributed by atoms with Crippen LogP contribution in [0.3, 0.4) is 0 Å². The molecule has 0 radical (unpaired) electrons. The van der Waals surface area contributed by atoms with E-state index in [2.05, 4.69) is 23.4 Å². The molecule has 1 aliphatic rings. The van der Waals surface area contributed by atoms with Crippen LogP contribution in [0.2, 0.25) is 0 Å². The number of aromatic nitrogens is 2. The fraction of sp³-hybridized carbons (Fsp3) is 0.750. The Labute approximate surface area is 91.9 Å². The zero-order valence-electron chi connectivity index (χ0n) is 9.74. The predicted octanol–water partition coefficient (Wildman–Crippen LogP) is 2.26. The van der Waals surface area contributed by atoms with E-state index in [0.717, 1.165) is 12.5 Å². The van der Waals surface area contributed by atoms with Gasteiger partial charge in [-0.15, -0.1) is 0 Å². The summed E-state index contributed by atoms with van der Waals surface area (Å²) in [5, 5.41) is 8.15. The van der Waals surface area contributed by atoms with Gasteiger partial charge in [-0.25, -0.2) is 0 Å². The van der Waals surface area contributed by atoms with E-state index in [1.807, 2.05) is 17.9 Å². The first-order valence-electron chi connectivity index (χ1n) is 6.04. The molecule has 1 aromatic rings. The highest BCUT2D eigenvalue weighted by Gasteiger charge is 2.29. The maximum absolute atomic E-state index is 4.52. The van der Waals surface area contributed by atoms with E-state index in [4.69, 9.17) is 0 Å². The third kappa shape index (κ3) is 2.40. The molecule has 1 atom stereocenters. The van der Waals surface area contributed by atoms with Crippen LogP contribution < -0.4 is 5.32 Å². The van der Waals surface area contributed by atoms with Gasteiger partial charge in [0.25, 0.3) is 0 Å². The second kappa shape index (κ2) is 4.79. The standard InChI is InChI=1S/C12H21N3/c1-3-8-13-12(10-5-4-6-10)11-7-9-15(2)14-11/h7,9-10,12-13H,3-6,8H2,1-2H3. The van der Waals surface area contributed by atoms with Gasteiger partial charge in [0.05, 0.1) is 11.7 Å². The maximum Gasteiger partial charge on any atom is 0.0796 e. The number of nitrogens with one attached hydrogen (secondary N) is 1. The van der Waals surface area contributed by atoms with E-state index in [1.165, 1.54) is 31.4 Å². The third-order valence-corrected chi connectivity index (χ3v) is 3.29. The second-order valence-electron chi connectivity index (χ2n) is 4.54. The quantitative estimate of drug-likeness (QED) is 0.802. The number of nitrogens with zero attached hydrogens (tertiary/aromatic N) is 2. The van der Waals surface area contributed by atoms with E-state index in [-0.39, 0.29) is 0 Å². The zero-order valence-corrected chi connectivity index (χ0v) is 9.74. The first-order valence-corrected chi connectivity index (χ1v) is 6.04. The number of hydrogen-bond acceptors (Lipinski definition) is 2. The largest absolute Gasteiger partial charge is 0.308 e. The van der Waals surface area contributed by atoms with Gasteiger partial charge in [-0.1, -0.05) is 13.3 Å². The van der Waals surface area contributed by atoms with Crippen molar-refractivity contribution in [1.82, 2.24) is 15.1 Å². The molecule has 0 amide bonds. The van der Waals surface area contributed by atoms with E-state index < -0.39 is 0 Å². The molecule has 1 aromatic heterocycles. The van der Waals surface area contributed by atoms with Gasteiger partial charge < -0.3 is 5.32 Å². The molecular formula is C12H21N3. The topological polar surface area (TPSA) is 29.9 Å². The van der Waals surface area contributed by atoms with E-state index >= 15 is 0 Å². The Hall–Kier alpha value is -0.830. The highest BCUT2D eigenvalue weighted by atomic mass is 15.3. The number of aryl methyl sites for hydroxylation is 1. The van der Waals surface area contributed by atoms with Crippen LogP contribution in [0.15, 0.2) is 12.3 Å². The molecule has 0 spiro atoms. The van der Waals surface area contributed by atoms with Crippen molar-refractivity contribution in [3.8, 4) is 0 Å². The van der Waals surface area contributed by atoms with Crippen molar-refractivity contribution in [2.45, 2.75) is 38.6 Å². The molecule has 0 aromatic carbocycles. The monoisotopic (exact) mass is 207 g/mol. The van der Waals surface area contributed by atoms with Gasteiger partial charge in [-0.05, 0) is 37.8 Å². The van der Waals surface area contributed by atoms with Crippen LogP contribution in [0, 0.1) is 5.92 Å². The summed E-state index contributed by atoms with van der Waals surface area (Å²) in [5.74, 6) is 0.812. The van der Waals surface area contributed by atoms with Gasteiger partial charge in [0.15, 0.2) is 0 Å². The van der Waals surface area contributed by atoms with Crippen molar-refractivity contribution in [3.63, 3.8) is 0 Å². The van der Waals surface area contributed by atoms with Crippen LogP contribution in [0.4, 0.5) is 0 Å². The smallest absolute Gasteiger partial charge is 0.0796 e. The average Bonchev–Trinajstić information content (AvgIpc) is 2.56. The van der Waals surface area contributed by atoms with Gasteiger partial charge in [-0.2, -0.15) is 5.10 Å². The number of rotatable bonds is 5. The van der Waals surface area contributed by atoms with Crippen molar-refractivity contribution >= 4 is 0 Å². The van der Waals surface area contributed by atoms with Crippen molar-refractivity contribution in [2.24, 2.45) is 13.0 Å². The molecule has 1 fully saturated rings. The Balaban J connectivity index is 2.03. The van der Waals surface area contributed by atoms with Gasteiger partial charge in [-0.3, -0.25) is 4.68 Å². The van der Waals surface area contributed by atoms with Crippen LogP contribution in [-0.4, -0.2) is 16.3 Å². The molecule has 1 heterocycles. The number of hydrogen-bond donors (Lipinski definition) is 1. The van der Waals surface area contributed by atoms with E-state index in [0.29, 0.717) is 6.04 Å². The van der Waals surface area contributed by atoms with E-state index in [9.17, 15) is 0 Å². The lowest BCUT2D eigenvalue weighted by molar-refractivity contribution is 0.227. The van der Waals surface area contributed by atoms with Crippen molar-refractivity contribution in [1.29, 1.82) is 0 Å².